The van der Waals surface area contributed by atoms with Crippen LogP contribution in [0.2, 0.25) is 0 Å². The van der Waals surface area contributed by atoms with E-state index in [1.807, 2.05) is 17.5 Å². The Balaban J connectivity index is 1.57. The molecule has 3 rings (SSSR count). The van der Waals surface area contributed by atoms with Gasteiger partial charge in [-0.05, 0) is 24.1 Å². The van der Waals surface area contributed by atoms with E-state index in [-0.39, 0.29) is 12.5 Å². The van der Waals surface area contributed by atoms with Gasteiger partial charge in [0, 0.05) is 10.9 Å². The molecule has 27 heavy (non-hydrogen) atoms. The van der Waals surface area contributed by atoms with Gasteiger partial charge in [-0.3, -0.25) is 10.1 Å². The highest BCUT2D eigenvalue weighted by Crippen LogP contribution is 2.27. The summed E-state index contributed by atoms with van der Waals surface area (Å²) in [6.45, 7) is 2.06. The maximum atomic E-state index is 12.1. The number of rotatable bonds is 8. The van der Waals surface area contributed by atoms with E-state index in [1.54, 1.807) is 19.2 Å². The Morgan fingerprint density at radius 2 is 1.85 bits per heavy atom. The second-order valence-corrected chi connectivity index (χ2v) is 6.83. The molecule has 0 aliphatic heterocycles. The summed E-state index contributed by atoms with van der Waals surface area (Å²) in [6, 6.07) is 15.6. The zero-order chi connectivity index (χ0) is 19.1. The number of thiazole rings is 1. The highest BCUT2D eigenvalue weighted by atomic mass is 32.1. The monoisotopic (exact) mass is 382 g/mol. The zero-order valence-electron chi connectivity index (χ0n) is 15.4. The first-order chi connectivity index (χ1) is 13.2. The molecule has 0 radical (unpaired) electrons. The maximum absolute atomic E-state index is 12.1. The molecule has 5 nitrogen and oxygen atoms in total. The van der Waals surface area contributed by atoms with Crippen molar-refractivity contribution in [3.63, 3.8) is 0 Å². The van der Waals surface area contributed by atoms with Gasteiger partial charge in [-0.2, -0.15) is 0 Å². The van der Waals surface area contributed by atoms with Gasteiger partial charge in [-0.15, -0.1) is 11.3 Å². The maximum Gasteiger partial charge on any atom is 0.264 e. The van der Waals surface area contributed by atoms with E-state index in [2.05, 4.69) is 41.5 Å². The molecule has 0 spiro atoms. The van der Waals surface area contributed by atoms with Crippen molar-refractivity contribution in [2.24, 2.45) is 0 Å². The quantitative estimate of drug-likeness (QED) is 0.609. The van der Waals surface area contributed by atoms with Crippen molar-refractivity contribution < 1.29 is 14.3 Å². The molecule has 6 heteroatoms. The highest BCUT2D eigenvalue weighted by Gasteiger charge is 2.10. The Morgan fingerprint density at radius 1 is 1.11 bits per heavy atom. The van der Waals surface area contributed by atoms with Crippen LogP contribution >= 0.6 is 11.3 Å². The molecular weight excluding hydrogens is 360 g/mol. The molecule has 0 aliphatic rings. The number of nitrogens with one attached hydrogen (secondary N) is 1. The predicted octanol–water partition coefficient (Wildman–Crippen LogP) is 4.79. The van der Waals surface area contributed by atoms with E-state index in [0.29, 0.717) is 16.6 Å². The van der Waals surface area contributed by atoms with Gasteiger partial charge in [0.05, 0.1) is 12.8 Å². The van der Waals surface area contributed by atoms with Crippen molar-refractivity contribution in [2.75, 3.05) is 19.0 Å². The Bertz CT molecular complexity index is 890. The Labute approximate surface area is 163 Å². The largest absolute Gasteiger partial charge is 0.493 e. The molecule has 0 aliphatic carbocycles. The molecular formula is C21H22N2O3S. The van der Waals surface area contributed by atoms with Gasteiger partial charge in [0.15, 0.2) is 23.2 Å². The summed E-state index contributed by atoms with van der Waals surface area (Å²) in [5.74, 6) is 0.857. The molecule has 140 valence electrons. The molecule has 0 atom stereocenters. The molecule has 0 unspecified atom stereocenters. The van der Waals surface area contributed by atoms with Crippen LogP contribution < -0.4 is 14.8 Å². The number of hydrogen-bond donors (Lipinski definition) is 1. The number of hydrogen-bond acceptors (Lipinski definition) is 5. The zero-order valence-corrected chi connectivity index (χ0v) is 16.2. The highest BCUT2D eigenvalue weighted by molar-refractivity contribution is 7.14. The number of ether oxygens (including phenoxy) is 2. The molecule has 2 aromatic carbocycles. The molecule has 1 N–H and O–H groups in total. The van der Waals surface area contributed by atoms with Crippen LogP contribution in [0.1, 0.15) is 18.9 Å². The third-order valence-corrected chi connectivity index (χ3v) is 4.72. The van der Waals surface area contributed by atoms with Gasteiger partial charge in [0.1, 0.15) is 0 Å². The lowest BCUT2D eigenvalue weighted by molar-refractivity contribution is -0.118. The molecule has 1 aromatic heterocycles. The number of aryl methyl sites for hydroxylation is 1. The first-order valence-electron chi connectivity index (χ1n) is 8.80. The topological polar surface area (TPSA) is 60.5 Å². The number of amides is 1. The summed E-state index contributed by atoms with van der Waals surface area (Å²) in [5.41, 5.74) is 3.21. The van der Waals surface area contributed by atoms with Crippen LogP contribution in [-0.4, -0.2) is 24.6 Å². The van der Waals surface area contributed by atoms with E-state index in [0.717, 1.165) is 24.1 Å². The predicted molar refractivity (Wildman–Crippen MR) is 109 cm³/mol. The molecule has 0 saturated carbocycles. The van der Waals surface area contributed by atoms with Crippen molar-refractivity contribution in [1.29, 1.82) is 0 Å². The Morgan fingerprint density at radius 3 is 2.56 bits per heavy atom. The number of aromatic nitrogens is 1. The first-order valence-corrected chi connectivity index (χ1v) is 9.68. The normalized spacial score (nSPS) is 10.4. The minimum Gasteiger partial charge on any atom is -0.493 e. The fourth-order valence-electron chi connectivity index (χ4n) is 2.63. The van der Waals surface area contributed by atoms with Gasteiger partial charge in [0.25, 0.3) is 5.91 Å². The van der Waals surface area contributed by atoms with E-state index >= 15 is 0 Å². The Hall–Kier alpha value is -2.86. The average molecular weight is 382 g/mol. The SMILES string of the molecule is CCCc1ccc(-c2csc(NC(=O)COc3ccccc3OC)n2)cc1. The minimum absolute atomic E-state index is 0.110. The number of nitrogens with zero attached hydrogens (tertiary/aromatic N) is 1. The number of anilines is 1. The first kappa shape index (κ1) is 18.9. The fourth-order valence-corrected chi connectivity index (χ4v) is 3.37. The van der Waals surface area contributed by atoms with E-state index < -0.39 is 0 Å². The van der Waals surface area contributed by atoms with Gasteiger partial charge >= 0.3 is 0 Å². The van der Waals surface area contributed by atoms with Crippen LogP contribution in [0, 0.1) is 0 Å². The summed E-state index contributed by atoms with van der Waals surface area (Å²) in [6.07, 6.45) is 2.20. The second kappa shape index (κ2) is 9.19. The van der Waals surface area contributed by atoms with E-state index in [9.17, 15) is 4.79 Å². The van der Waals surface area contributed by atoms with Crippen molar-refractivity contribution in [3.8, 4) is 22.8 Å². The summed E-state index contributed by atoms with van der Waals surface area (Å²) in [4.78, 5) is 16.6. The van der Waals surface area contributed by atoms with Gasteiger partial charge in [-0.25, -0.2) is 4.98 Å². The molecule has 0 bridgehead atoms. The number of carbonyl (C=O) groups excluding carboxylic acids is 1. The van der Waals surface area contributed by atoms with Crippen LogP contribution in [0.5, 0.6) is 11.5 Å². The summed E-state index contributed by atoms with van der Waals surface area (Å²) in [5, 5.41) is 5.26. The van der Waals surface area contributed by atoms with E-state index in [1.165, 1.54) is 16.9 Å². The van der Waals surface area contributed by atoms with Crippen LogP contribution in [0.25, 0.3) is 11.3 Å². The Kier molecular flexibility index (Phi) is 6.44. The molecule has 3 aromatic rings. The van der Waals surface area contributed by atoms with Crippen molar-refractivity contribution in [3.05, 3.63) is 59.5 Å². The lowest BCUT2D eigenvalue weighted by atomic mass is 10.1. The minimum atomic E-state index is -0.264. The van der Waals surface area contributed by atoms with E-state index in [4.69, 9.17) is 9.47 Å². The summed E-state index contributed by atoms with van der Waals surface area (Å²) >= 11 is 1.39. The third kappa shape index (κ3) is 5.08. The number of methoxy groups -OCH3 is 1. The van der Waals surface area contributed by atoms with Gasteiger partial charge in [0.2, 0.25) is 0 Å². The molecule has 1 amide bonds. The van der Waals surface area contributed by atoms with Crippen molar-refractivity contribution in [2.45, 2.75) is 19.8 Å². The standard InChI is InChI=1S/C21H22N2O3S/c1-3-6-15-9-11-16(12-10-15)17-14-27-21(22-17)23-20(24)13-26-19-8-5-4-7-18(19)25-2/h4-5,7-12,14H,3,6,13H2,1-2H3,(H,22,23,24). The fraction of sp³-hybridized carbons (Fsp3) is 0.238. The smallest absolute Gasteiger partial charge is 0.264 e. The summed E-state index contributed by atoms with van der Waals surface area (Å²) < 4.78 is 10.7. The number of benzene rings is 2. The second-order valence-electron chi connectivity index (χ2n) is 5.97. The van der Waals surface area contributed by atoms with Crippen molar-refractivity contribution in [1.82, 2.24) is 4.98 Å². The third-order valence-electron chi connectivity index (χ3n) is 3.97. The number of carbonyl (C=O) groups is 1. The average Bonchev–Trinajstić information content (AvgIpc) is 3.16. The summed E-state index contributed by atoms with van der Waals surface area (Å²) in [7, 11) is 1.56. The van der Waals surface area contributed by atoms with Crippen LogP contribution in [0.3, 0.4) is 0 Å². The van der Waals surface area contributed by atoms with Gasteiger partial charge in [-0.1, -0.05) is 49.7 Å². The van der Waals surface area contributed by atoms with Crippen LogP contribution in [-0.2, 0) is 11.2 Å². The van der Waals surface area contributed by atoms with Crippen LogP contribution in [0.15, 0.2) is 53.9 Å². The van der Waals surface area contributed by atoms with Gasteiger partial charge < -0.3 is 9.47 Å². The lowest BCUT2D eigenvalue weighted by Gasteiger charge is -2.09. The lowest BCUT2D eigenvalue weighted by Crippen LogP contribution is -2.20. The molecule has 0 saturated heterocycles. The number of para-hydroxylation sites is 2. The molecule has 0 fully saturated rings. The van der Waals surface area contributed by atoms with Crippen molar-refractivity contribution >= 4 is 22.4 Å². The van der Waals surface area contributed by atoms with Crippen LogP contribution in [0.4, 0.5) is 5.13 Å². The molecule has 1 heterocycles.